The van der Waals surface area contributed by atoms with Crippen LogP contribution >= 0.6 is 0 Å². The molecule has 146 valence electrons. The Bertz CT molecular complexity index is 883. The minimum atomic E-state index is -3.36. The minimum Gasteiger partial charge on any atom is -0.357 e. The number of sulfonamides is 1. The summed E-state index contributed by atoms with van der Waals surface area (Å²) in [5.41, 5.74) is 2.25. The first-order valence-electron chi connectivity index (χ1n) is 8.58. The zero-order chi connectivity index (χ0) is 19.9. The Morgan fingerprint density at radius 1 is 1.15 bits per heavy atom. The fraction of sp³-hybridized carbons (Fsp3) is 0.316. The van der Waals surface area contributed by atoms with Crippen LogP contribution in [0.1, 0.15) is 18.1 Å². The molecule has 0 bridgehead atoms. The van der Waals surface area contributed by atoms with Gasteiger partial charge < -0.3 is 10.2 Å². The molecule has 0 amide bonds. The number of anilines is 1. The molecule has 0 radical (unpaired) electrons. The van der Waals surface area contributed by atoms with Crippen LogP contribution in [-0.4, -0.2) is 39.1 Å². The molecular weight excluding hydrogens is 367 g/mol. The lowest BCUT2D eigenvalue weighted by Crippen LogP contribution is -2.38. The summed E-state index contributed by atoms with van der Waals surface area (Å²) in [6.07, 6.45) is 1.12. The van der Waals surface area contributed by atoms with Gasteiger partial charge in [0.1, 0.15) is 5.82 Å². The van der Waals surface area contributed by atoms with E-state index in [9.17, 15) is 12.8 Å². The number of rotatable bonds is 7. The number of nitrogens with zero attached hydrogens (tertiary/aromatic N) is 2. The number of guanidine groups is 1. The van der Waals surface area contributed by atoms with E-state index in [1.807, 2.05) is 31.0 Å². The van der Waals surface area contributed by atoms with E-state index in [2.05, 4.69) is 15.0 Å². The highest BCUT2D eigenvalue weighted by Crippen LogP contribution is 2.17. The normalized spacial score (nSPS) is 11.9. The van der Waals surface area contributed by atoms with E-state index in [0.717, 1.165) is 17.4 Å². The summed E-state index contributed by atoms with van der Waals surface area (Å²) in [6, 6.07) is 13.5. The van der Waals surface area contributed by atoms with Gasteiger partial charge in [-0.1, -0.05) is 30.3 Å². The molecule has 0 heterocycles. The Morgan fingerprint density at radius 2 is 1.81 bits per heavy atom. The average molecular weight is 393 g/mol. The molecule has 0 fully saturated rings. The SMILES string of the molecule is CCNC(=NCc1ccccc1NS(C)(=O)=O)N(C)Cc1ccc(F)cc1. The molecule has 2 rings (SSSR count). The first kappa shape index (κ1) is 20.7. The van der Waals surface area contributed by atoms with Crippen LogP contribution in [0.2, 0.25) is 0 Å². The van der Waals surface area contributed by atoms with Crippen LogP contribution in [-0.2, 0) is 23.1 Å². The molecule has 27 heavy (non-hydrogen) atoms. The number of hydrogen-bond donors (Lipinski definition) is 2. The number of nitrogens with one attached hydrogen (secondary N) is 2. The van der Waals surface area contributed by atoms with Crippen molar-refractivity contribution in [3.63, 3.8) is 0 Å². The second-order valence-corrected chi connectivity index (χ2v) is 7.93. The van der Waals surface area contributed by atoms with Gasteiger partial charge in [-0.25, -0.2) is 17.8 Å². The molecule has 0 unspecified atom stereocenters. The highest BCUT2D eigenvalue weighted by molar-refractivity contribution is 7.92. The van der Waals surface area contributed by atoms with Crippen molar-refractivity contribution in [1.29, 1.82) is 0 Å². The number of benzene rings is 2. The van der Waals surface area contributed by atoms with Crippen molar-refractivity contribution in [2.75, 3.05) is 24.6 Å². The van der Waals surface area contributed by atoms with Gasteiger partial charge in [0.2, 0.25) is 10.0 Å². The van der Waals surface area contributed by atoms with Gasteiger partial charge in [-0.3, -0.25) is 4.72 Å². The highest BCUT2D eigenvalue weighted by atomic mass is 32.2. The van der Waals surface area contributed by atoms with E-state index in [0.29, 0.717) is 31.3 Å². The van der Waals surface area contributed by atoms with Gasteiger partial charge in [0.15, 0.2) is 5.96 Å². The van der Waals surface area contributed by atoms with Gasteiger partial charge in [-0.2, -0.15) is 0 Å². The van der Waals surface area contributed by atoms with E-state index in [1.54, 1.807) is 24.3 Å². The van der Waals surface area contributed by atoms with Crippen LogP contribution in [0.5, 0.6) is 0 Å². The fourth-order valence-corrected chi connectivity index (χ4v) is 3.12. The predicted molar refractivity (Wildman–Crippen MR) is 108 cm³/mol. The maximum Gasteiger partial charge on any atom is 0.229 e. The fourth-order valence-electron chi connectivity index (χ4n) is 2.53. The van der Waals surface area contributed by atoms with Gasteiger partial charge >= 0.3 is 0 Å². The van der Waals surface area contributed by atoms with Crippen molar-refractivity contribution in [3.8, 4) is 0 Å². The molecule has 0 aliphatic rings. The van der Waals surface area contributed by atoms with Gasteiger partial charge in [0, 0.05) is 20.1 Å². The molecule has 0 spiro atoms. The number of hydrogen-bond acceptors (Lipinski definition) is 3. The Labute approximate surface area is 160 Å². The summed E-state index contributed by atoms with van der Waals surface area (Å²) < 4.78 is 38.7. The molecule has 0 aliphatic carbocycles. The lowest BCUT2D eigenvalue weighted by Gasteiger charge is -2.22. The van der Waals surface area contributed by atoms with Gasteiger partial charge in [-0.05, 0) is 36.2 Å². The largest absolute Gasteiger partial charge is 0.357 e. The Balaban J connectivity index is 2.16. The van der Waals surface area contributed by atoms with Crippen LogP contribution in [0.4, 0.5) is 10.1 Å². The van der Waals surface area contributed by atoms with Crippen molar-refractivity contribution in [3.05, 3.63) is 65.5 Å². The van der Waals surface area contributed by atoms with E-state index in [4.69, 9.17) is 0 Å². The van der Waals surface area contributed by atoms with E-state index in [-0.39, 0.29) is 5.82 Å². The predicted octanol–water partition coefficient (Wildman–Crippen LogP) is 2.79. The van der Waals surface area contributed by atoms with E-state index < -0.39 is 10.0 Å². The lowest BCUT2D eigenvalue weighted by atomic mass is 10.2. The van der Waals surface area contributed by atoms with Crippen LogP contribution < -0.4 is 10.0 Å². The second-order valence-electron chi connectivity index (χ2n) is 6.18. The summed E-state index contributed by atoms with van der Waals surface area (Å²) >= 11 is 0. The number of halogens is 1. The van der Waals surface area contributed by atoms with Crippen molar-refractivity contribution >= 4 is 21.7 Å². The molecule has 0 aromatic heterocycles. The molecule has 8 heteroatoms. The third-order valence-corrected chi connectivity index (χ3v) is 4.33. The summed E-state index contributed by atoms with van der Waals surface area (Å²) in [6.45, 7) is 3.54. The Kier molecular flexibility index (Phi) is 7.18. The standard InChI is InChI=1S/C19H25FN4O2S/c1-4-21-19(24(2)14-15-9-11-17(20)12-10-15)22-13-16-7-5-6-8-18(16)23-27(3,25)26/h5-12,23H,4,13-14H2,1-3H3,(H,21,22). The second kappa shape index (κ2) is 9.36. The maximum atomic E-state index is 13.1. The first-order valence-corrected chi connectivity index (χ1v) is 10.5. The van der Waals surface area contributed by atoms with Crippen LogP contribution in [0.15, 0.2) is 53.5 Å². The number of para-hydroxylation sites is 1. The molecule has 2 N–H and O–H groups in total. The monoisotopic (exact) mass is 392 g/mol. The number of aliphatic imine (C=N–C) groups is 1. The molecule has 0 saturated heterocycles. The molecule has 2 aromatic rings. The van der Waals surface area contributed by atoms with E-state index in [1.165, 1.54) is 12.1 Å². The van der Waals surface area contributed by atoms with E-state index >= 15 is 0 Å². The average Bonchev–Trinajstić information content (AvgIpc) is 2.60. The van der Waals surface area contributed by atoms with Crippen molar-refractivity contribution < 1.29 is 12.8 Å². The zero-order valence-electron chi connectivity index (χ0n) is 15.7. The smallest absolute Gasteiger partial charge is 0.229 e. The first-order chi connectivity index (χ1) is 12.8. The van der Waals surface area contributed by atoms with Gasteiger partial charge in [0.05, 0.1) is 18.5 Å². The lowest BCUT2D eigenvalue weighted by molar-refractivity contribution is 0.476. The minimum absolute atomic E-state index is 0.267. The van der Waals surface area contributed by atoms with Crippen molar-refractivity contribution in [2.24, 2.45) is 4.99 Å². The summed E-state index contributed by atoms with van der Waals surface area (Å²) in [5.74, 6) is 0.410. The summed E-state index contributed by atoms with van der Waals surface area (Å²) in [4.78, 5) is 6.54. The quantitative estimate of drug-likeness (QED) is 0.561. The molecule has 0 aliphatic heterocycles. The van der Waals surface area contributed by atoms with Crippen molar-refractivity contribution in [1.82, 2.24) is 10.2 Å². The molecule has 2 aromatic carbocycles. The molecule has 6 nitrogen and oxygen atoms in total. The molecule has 0 atom stereocenters. The Hall–Kier alpha value is -2.61. The van der Waals surface area contributed by atoms with Crippen LogP contribution in [0, 0.1) is 5.82 Å². The van der Waals surface area contributed by atoms with Crippen LogP contribution in [0.25, 0.3) is 0 Å². The van der Waals surface area contributed by atoms with Crippen molar-refractivity contribution in [2.45, 2.75) is 20.0 Å². The zero-order valence-corrected chi connectivity index (χ0v) is 16.6. The summed E-state index contributed by atoms with van der Waals surface area (Å²) in [7, 11) is -1.47. The topological polar surface area (TPSA) is 73.8 Å². The summed E-state index contributed by atoms with van der Waals surface area (Å²) in [5, 5.41) is 3.22. The highest BCUT2D eigenvalue weighted by Gasteiger charge is 2.09. The third kappa shape index (κ3) is 6.90. The van der Waals surface area contributed by atoms with Crippen LogP contribution in [0.3, 0.4) is 0 Å². The van der Waals surface area contributed by atoms with Gasteiger partial charge in [0.25, 0.3) is 0 Å². The van der Waals surface area contributed by atoms with Gasteiger partial charge in [-0.15, -0.1) is 0 Å². The molecule has 0 saturated carbocycles. The third-order valence-electron chi connectivity index (χ3n) is 3.74. The maximum absolute atomic E-state index is 13.1. The molecular formula is C19H25FN4O2S. The Morgan fingerprint density at radius 3 is 2.44 bits per heavy atom.